The van der Waals surface area contributed by atoms with Crippen molar-refractivity contribution in [2.45, 2.75) is 19.3 Å². The van der Waals surface area contributed by atoms with Crippen LogP contribution in [0.25, 0.3) is 10.8 Å². The van der Waals surface area contributed by atoms with Gasteiger partial charge < -0.3 is 10.1 Å². The zero-order chi connectivity index (χ0) is 11.4. The molecule has 0 saturated carbocycles. The molecule has 0 radical (unpaired) electrons. The summed E-state index contributed by atoms with van der Waals surface area (Å²) in [5.41, 5.74) is 0.911. The molecule has 0 saturated heterocycles. The molecule has 2 aromatic rings. The molecule has 1 heterocycles. The van der Waals surface area contributed by atoms with Crippen LogP contribution in [-0.4, -0.2) is 16.7 Å². The Bertz CT molecular complexity index is 531. The first-order valence-electron chi connectivity index (χ1n) is 5.53. The van der Waals surface area contributed by atoms with Crippen LogP contribution in [0.4, 0.5) is 0 Å². The number of H-pyrrole nitrogens is 1. The molecule has 0 unspecified atom stereocenters. The number of hydrogen-bond donors (Lipinski definition) is 2. The summed E-state index contributed by atoms with van der Waals surface area (Å²) in [6, 6.07) is 9.57. The quantitative estimate of drug-likeness (QED) is 0.768. The van der Waals surface area contributed by atoms with Crippen molar-refractivity contribution in [3.05, 3.63) is 46.4 Å². The van der Waals surface area contributed by atoms with Gasteiger partial charge in [0.2, 0.25) is 0 Å². The summed E-state index contributed by atoms with van der Waals surface area (Å²) in [6.45, 7) is 0.206. The van der Waals surface area contributed by atoms with E-state index in [0.29, 0.717) is 0 Å². The molecule has 2 rings (SSSR count). The Kier molecular flexibility index (Phi) is 3.37. The molecule has 0 aliphatic heterocycles. The number of fused-ring (bicyclic) bond motifs is 1. The van der Waals surface area contributed by atoms with E-state index in [0.717, 1.165) is 35.7 Å². The van der Waals surface area contributed by atoms with Crippen molar-refractivity contribution in [2.75, 3.05) is 6.61 Å². The Balaban J connectivity index is 2.31. The minimum atomic E-state index is -0.0305. The summed E-state index contributed by atoms with van der Waals surface area (Å²) in [6.07, 6.45) is 2.47. The molecule has 84 valence electrons. The molecule has 0 bridgehead atoms. The predicted molar refractivity (Wildman–Crippen MR) is 64.6 cm³/mol. The van der Waals surface area contributed by atoms with Gasteiger partial charge in [-0.15, -0.1) is 0 Å². The van der Waals surface area contributed by atoms with Gasteiger partial charge in [0, 0.05) is 17.7 Å². The number of aromatic nitrogens is 1. The van der Waals surface area contributed by atoms with Crippen molar-refractivity contribution in [3.8, 4) is 0 Å². The van der Waals surface area contributed by atoms with Gasteiger partial charge >= 0.3 is 0 Å². The summed E-state index contributed by atoms with van der Waals surface area (Å²) in [5.74, 6) is 0. The Morgan fingerprint density at radius 3 is 2.81 bits per heavy atom. The number of hydrogen-bond acceptors (Lipinski definition) is 2. The van der Waals surface area contributed by atoms with Crippen LogP contribution in [0.3, 0.4) is 0 Å². The third-order valence-electron chi connectivity index (χ3n) is 2.66. The van der Waals surface area contributed by atoms with Crippen molar-refractivity contribution in [3.63, 3.8) is 0 Å². The van der Waals surface area contributed by atoms with E-state index < -0.39 is 0 Å². The van der Waals surface area contributed by atoms with Crippen LogP contribution in [0.1, 0.15) is 18.5 Å². The van der Waals surface area contributed by atoms with Gasteiger partial charge in [-0.05, 0) is 36.8 Å². The zero-order valence-corrected chi connectivity index (χ0v) is 9.07. The molecular formula is C13H15NO2. The van der Waals surface area contributed by atoms with E-state index in [9.17, 15) is 4.79 Å². The number of nitrogens with one attached hydrogen (secondary N) is 1. The zero-order valence-electron chi connectivity index (χ0n) is 9.07. The highest BCUT2D eigenvalue weighted by Crippen LogP contribution is 2.11. The van der Waals surface area contributed by atoms with Gasteiger partial charge in [0.1, 0.15) is 0 Å². The molecule has 16 heavy (non-hydrogen) atoms. The highest BCUT2D eigenvalue weighted by atomic mass is 16.2. The molecule has 0 atom stereocenters. The number of unbranched alkanes of at least 4 members (excludes halogenated alkanes) is 1. The van der Waals surface area contributed by atoms with Crippen LogP contribution < -0.4 is 5.56 Å². The lowest BCUT2D eigenvalue weighted by atomic mass is 10.1. The summed E-state index contributed by atoms with van der Waals surface area (Å²) in [7, 11) is 0. The Morgan fingerprint density at radius 1 is 1.19 bits per heavy atom. The molecular weight excluding hydrogens is 202 g/mol. The fourth-order valence-corrected chi connectivity index (χ4v) is 1.83. The molecule has 1 aromatic heterocycles. The predicted octanol–water partition coefficient (Wildman–Crippen LogP) is 1.84. The second-order valence-corrected chi connectivity index (χ2v) is 3.89. The molecule has 0 fully saturated rings. The lowest BCUT2D eigenvalue weighted by Crippen LogP contribution is -2.09. The Hall–Kier alpha value is -1.61. The SMILES string of the molecule is O=c1[nH]c(CCCCO)cc2ccccc12. The largest absolute Gasteiger partial charge is 0.396 e. The van der Waals surface area contributed by atoms with Crippen molar-refractivity contribution in [2.24, 2.45) is 0 Å². The van der Waals surface area contributed by atoms with Gasteiger partial charge in [0.15, 0.2) is 0 Å². The maximum absolute atomic E-state index is 11.7. The van der Waals surface area contributed by atoms with E-state index in [2.05, 4.69) is 4.98 Å². The number of pyridine rings is 1. The normalized spacial score (nSPS) is 10.8. The fraction of sp³-hybridized carbons (Fsp3) is 0.308. The maximum Gasteiger partial charge on any atom is 0.256 e. The standard InChI is InChI=1S/C13H15NO2/c15-8-4-3-6-11-9-10-5-1-2-7-12(10)13(16)14-11/h1-2,5,7,9,15H,3-4,6,8H2,(H,14,16). The van der Waals surface area contributed by atoms with Crippen LogP contribution in [-0.2, 0) is 6.42 Å². The van der Waals surface area contributed by atoms with Crippen LogP contribution in [0.15, 0.2) is 35.1 Å². The summed E-state index contributed by atoms with van der Waals surface area (Å²) in [4.78, 5) is 14.6. The van der Waals surface area contributed by atoms with Crippen molar-refractivity contribution in [1.29, 1.82) is 0 Å². The first-order chi connectivity index (χ1) is 7.81. The van der Waals surface area contributed by atoms with Crippen LogP contribution in [0, 0.1) is 0 Å². The second-order valence-electron chi connectivity index (χ2n) is 3.89. The van der Waals surface area contributed by atoms with E-state index in [1.807, 2.05) is 30.3 Å². The number of benzene rings is 1. The summed E-state index contributed by atoms with van der Waals surface area (Å²) >= 11 is 0. The smallest absolute Gasteiger partial charge is 0.256 e. The number of aliphatic hydroxyl groups excluding tert-OH is 1. The molecule has 3 nitrogen and oxygen atoms in total. The third kappa shape index (κ3) is 2.31. The van der Waals surface area contributed by atoms with Crippen molar-refractivity contribution >= 4 is 10.8 Å². The molecule has 0 aliphatic rings. The molecule has 0 amide bonds. The van der Waals surface area contributed by atoms with Gasteiger partial charge in [-0.1, -0.05) is 18.2 Å². The molecule has 2 N–H and O–H groups in total. The van der Waals surface area contributed by atoms with E-state index in [1.165, 1.54) is 0 Å². The Morgan fingerprint density at radius 2 is 2.00 bits per heavy atom. The number of aliphatic hydroxyl groups is 1. The lowest BCUT2D eigenvalue weighted by molar-refractivity contribution is 0.284. The van der Waals surface area contributed by atoms with Gasteiger partial charge in [0.05, 0.1) is 0 Å². The highest BCUT2D eigenvalue weighted by Gasteiger charge is 2.00. The molecule has 1 aromatic carbocycles. The number of aryl methyl sites for hydroxylation is 1. The first kappa shape index (κ1) is 10.9. The van der Waals surface area contributed by atoms with E-state index in [1.54, 1.807) is 0 Å². The van der Waals surface area contributed by atoms with E-state index in [-0.39, 0.29) is 12.2 Å². The Labute approximate surface area is 93.7 Å². The number of rotatable bonds is 4. The number of aromatic amines is 1. The van der Waals surface area contributed by atoms with E-state index in [4.69, 9.17) is 5.11 Å². The van der Waals surface area contributed by atoms with Gasteiger partial charge in [-0.3, -0.25) is 4.79 Å². The third-order valence-corrected chi connectivity index (χ3v) is 2.66. The minimum absolute atomic E-state index is 0.0305. The lowest BCUT2D eigenvalue weighted by Gasteiger charge is -2.03. The maximum atomic E-state index is 11.7. The van der Waals surface area contributed by atoms with Crippen LogP contribution in [0.5, 0.6) is 0 Å². The van der Waals surface area contributed by atoms with Gasteiger partial charge in [0.25, 0.3) is 5.56 Å². The van der Waals surface area contributed by atoms with Crippen molar-refractivity contribution in [1.82, 2.24) is 4.98 Å². The van der Waals surface area contributed by atoms with Gasteiger partial charge in [-0.25, -0.2) is 0 Å². The average molecular weight is 217 g/mol. The fourth-order valence-electron chi connectivity index (χ4n) is 1.83. The van der Waals surface area contributed by atoms with E-state index >= 15 is 0 Å². The van der Waals surface area contributed by atoms with Crippen LogP contribution >= 0.6 is 0 Å². The first-order valence-corrected chi connectivity index (χ1v) is 5.53. The second kappa shape index (κ2) is 4.94. The summed E-state index contributed by atoms with van der Waals surface area (Å²) in [5, 5.41) is 10.4. The topological polar surface area (TPSA) is 53.1 Å². The molecule has 0 aliphatic carbocycles. The monoisotopic (exact) mass is 217 g/mol. The van der Waals surface area contributed by atoms with Gasteiger partial charge in [-0.2, -0.15) is 0 Å². The van der Waals surface area contributed by atoms with Crippen LogP contribution in [0.2, 0.25) is 0 Å². The minimum Gasteiger partial charge on any atom is -0.396 e. The average Bonchev–Trinajstić information content (AvgIpc) is 2.30. The van der Waals surface area contributed by atoms with Crippen molar-refractivity contribution < 1.29 is 5.11 Å². The highest BCUT2D eigenvalue weighted by molar-refractivity contribution is 5.81. The molecule has 0 spiro atoms. The summed E-state index contributed by atoms with van der Waals surface area (Å²) < 4.78 is 0. The molecule has 3 heteroatoms.